The Morgan fingerprint density at radius 2 is 1.94 bits per heavy atom. The molecule has 1 heterocycles. The van der Waals surface area contributed by atoms with Crippen LogP contribution in [-0.2, 0) is 13.8 Å². The van der Waals surface area contributed by atoms with E-state index in [0.29, 0.717) is 0 Å². The predicted molar refractivity (Wildman–Crippen MR) is 61.3 cm³/mol. The van der Waals surface area contributed by atoms with Crippen molar-refractivity contribution in [2.45, 2.75) is 37.8 Å². The Morgan fingerprint density at radius 3 is 2.29 bits per heavy atom. The molecule has 100 valence electrons. The maximum absolute atomic E-state index is 13.4. The molecular weight excluding hydrogens is 273 g/mol. The first-order valence-electron chi connectivity index (χ1n) is 5.06. The molecule has 1 rings (SSSR count). The quantitative estimate of drug-likeness (QED) is 0.686. The smallest absolute Gasteiger partial charge is 0.410 e. The van der Waals surface area contributed by atoms with Crippen molar-refractivity contribution < 1.29 is 22.3 Å². The summed E-state index contributed by atoms with van der Waals surface area (Å²) in [6.07, 6.45) is -2.41. The lowest BCUT2D eigenvalue weighted by molar-refractivity contribution is 0.0284. The minimum absolute atomic E-state index is 0.276. The van der Waals surface area contributed by atoms with Gasteiger partial charge in [0, 0.05) is 17.2 Å². The fourth-order valence-corrected chi connectivity index (χ4v) is 2.78. The molecule has 2 atom stereocenters. The average Bonchev–Trinajstić information content (AvgIpc) is 2.42. The highest BCUT2D eigenvalue weighted by Crippen LogP contribution is 2.24. The van der Waals surface area contributed by atoms with E-state index in [1.807, 2.05) is 0 Å². The number of rotatable bonds is 1. The van der Waals surface area contributed by atoms with E-state index in [0.717, 1.165) is 4.90 Å². The molecule has 0 unspecified atom stereocenters. The zero-order valence-corrected chi connectivity index (χ0v) is 11.4. The molecule has 5 nitrogen and oxygen atoms in total. The molecule has 1 aliphatic rings. The van der Waals surface area contributed by atoms with Crippen molar-refractivity contribution in [1.29, 1.82) is 0 Å². The van der Waals surface area contributed by atoms with Crippen LogP contribution in [0.2, 0.25) is 0 Å². The first-order chi connectivity index (χ1) is 7.50. The van der Waals surface area contributed by atoms with Crippen LogP contribution in [0.5, 0.6) is 0 Å². The van der Waals surface area contributed by atoms with Crippen LogP contribution in [0.1, 0.15) is 20.8 Å². The second-order valence-corrected chi connectivity index (χ2v) is 7.76. The Labute approximate surface area is 104 Å². The van der Waals surface area contributed by atoms with E-state index in [4.69, 9.17) is 15.4 Å². The summed E-state index contributed by atoms with van der Waals surface area (Å²) < 4.78 is 40.5. The summed E-state index contributed by atoms with van der Waals surface area (Å²) in [6, 6.07) is 0. The molecule has 0 aromatic rings. The molecule has 1 aliphatic heterocycles. The van der Waals surface area contributed by atoms with Crippen LogP contribution >= 0.6 is 10.7 Å². The van der Waals surface area contributed by atoms with E-state index in [9.17, 15) is 17.6 Å². The van der Waals surface area contributed by atoms with E-state index in [1.165, 1.54) is 0 Å². The van der Waals surface area contributed by atoms with Crippen molar-refractivity contribution >= 4 is 25.8 Å². The van der Waals surface area contributed by atoms with Gasteiger partial charge in [-0.1, -0.05) is 0 Å². The molecule has 1 fully saturated rings. The standard InChI is InChI=1S/C9H15ClFNO4S/c1-9(2,3)16-8(13)12-4-6(11)7(5-12)17(10,14)15/h6-7H,4-5H2,1-3H3/t6-,7+/m0/s1. The maximum Gasteiger partial charge on any atom is 0.410 e. The summed E-state index contributed by atoms with van der Waals surface area (Å²) >= 11 is 0. The minimum Gasteiger partial charge on any atom is -0.444 e. The number of hydrogen-bond acceptors (Lipinski definition) is 4. The zero-order valence-electron chi connectivity index (χ0n) is 9.81. The van der Waals surface area contributed by atoms with E-state index in [1.54, 1.807) is 20.8 Å². The first kappa shape index (κ1) is 14.5. The normalized spacial score (nSPS) is 26.1. The Morgan fingerprint density at radius 1 is 1.41 bits per heavy atom. The van der Waals surface area contributed by atoms with Gasteiger partial charge < -0.3 is 9.64 Å². The number of carbonyl (C=O) groups excluding carboxylic acids is 1. The monoisotopic (exact) mass is 287 g/mol. The number of halogens is 2. The summed E-state index contributed by atoms with van der Waals surface area (Å²) in [5.41, 5.74) is -0.708. The van der Waals surface area contributed by atoms with Crippen LogP contribution in [0, 0.1) is 0 Å². The topological polar surface area (TPSA) is 63.7 Å². The van der Waals surface area contributed by atoms with E-state index in [2.05, 4.69) is 0 Å². The SMILES string of the molecule is CC(C)(C)OC(=O)N1C[C@@H](S(=O)(=O)Cl)[C@@H](F)C1. The molecule has 1 amide bonds. The van der Waals surface area contributed by atoms with Crippen LogP contribution in [0.25, 0.3) is 0 Å². The molecule has 0 spiro atoms. The van der Waals surface area contributed by atoms with E-state index >= 15 is 0 Å². The Hall–Kier alpha value is -0.560. The molecule has 0 radical (unpaired) electrons. The van der Waals surface area contributed by atoms with Gasteiger partial charge in [-0.3, -0.25) is 0 Å². The molecule has 0 aromatic carbocycles. The zero-order chi connectivity index (χ0) is 13.4. The fraction of sp³-hybridized carbons (Fsp3) is 0.889. The number of likely N-dealkylation sites (tertiary alicyclic amines) is 1. The second-order valence-electron chi connectivity index (χ2n) is 4.92. The third-order valence-corrected chi connectivity index (χ3v) is 4.07. The van der Waals surface area contributed by atoms with Crippen molar-refractivity contribution in [2.24, 2.45) is 0 Å². The third kappa shape index (κ3) is 3.99. The van der Waals surface area contributed by atoms with Gasteiger partial charge in [0.1, 0.15) is 17.0 Å². The molecule has 0 bridgehead atoms. The molecule has 0 N–H and O–H groups in total. The van der Waals surface area contributed by atoms with Crippen LogP contribution in [0.3, 0.4) is 0 Å². The number of amides is 1. The lowest BCUT2D eigenvalue weighted by Crippen LogP contribution is -2.36. The average molecular weight is 288 g/mol. The molecule has 8 heteroatoms. The van der Waals surface area contributed by atoms with Gasteiger partial charge in [-0.15, -0.1) is 0 Å². The Bertz CT molecular complexity index is 406. The van der Waals surface area contributed by atoms with Gasteiger partial charge in [0.05, 0.1) is 6.54 Å². The molecule has 1 saturated heterocycles. The number of ether oxygens (including phenoxy) is 1. The second kappa shape index (κ2) is 4.61. The fourth-order valence-electron chi connectivity index (χ4n) is 1.48. The summed E-state index contributed by atoms with van der Waals surface area (Å²) in [5.74, 6) is 0. The predicted octanol–water partition coefficient (Wildman–Crippen LogP) is 1.51. The van der Waals surface area contributed by atoms with Crippen molar-refractivity contribution in [3.8, 4) is 0 Å². The molecule has 17 heavy (non-hydrogen) atoms. The van der Waals surface area contributed by atoms with Gasteiger partial charge in [-0.05, 0) is 20.8 Å². The summed E-state index contributed by atoms with van der Waals surface area (Å²) in [6.45, 7) is 4.42. The number of nitrogens with zero attached hydrogens (tertiary/aromatic N) is 1. The van der Waals surface area contributed by atoms with Gasteiger partial charge in [-0.25, -0.2) is 17.6 Å². The van der Waals surface area contributed by atoms with Gasteiger partial charge in [0.25, 0.3) is 0 Å². The van der Waals surface area contributed by atoms with Crippen LogP contribution in [-0.4, -0.2) is 49.5 Å². The van der Waals surface area contributed by atoms with Crippen molar-refractivity contribution in [3.63, 3.8) is 0 Å². The third-order valence-electron chi connectivity index (χ3n) is 2.21. The first-order valence-corrected chi connectivity index (χ1v) is 7.43. The lowest BCUT2D eigenvalue weighted by Gasteiger charge is -2.24. The highest BCUT2D eigenvalue weighted by Gasteiger charge is 2.43. The van der Waals surface area contributed by atoms with Crippen molar-refractivity contribution in [3.05, 3.63) is 0 Å². The summed E-state index contributed by atoms with van der Waals surface area (Å²) in [5, 5.41) is -1.38. The number of hydrogen-bond donors (Lipinski definition) is 0. The van der Waals surface area contributed by atoms with Crippen molar-refractivity contribution in [1.82, 2.24) is 4.90 Å². The van der Waals surface area contributed by atoms with Gasteiger partial charge in [0.2, 0.25) is 9.05 Å². The summed E-state index contributed by atoms with van der Waals surface area (Å²) in [4.78, 5) is 12.6. The highest BCUT2D eigenvalue weighted by molar-refractivity contribution is 8.14. The highest BCUT2D eigenvalue weighted by atomic mass is 35.7. The Kier molecular flexibility index (Phi) is 3.93. The van der Waals surface area contributed by atoms with Gasteiger partial charge in [-0.2, -0.15) is 0 Å². The Balaban J connectivity index is 2.70. The largest absolute Gasteiger partial charge is 0.444 e. The maximum atomic E-state index is 13.4. The molecule has 0 saturated carbocycles. The van der Waals surface area contributed by atoms with Crippen LogP contribution in [0.15, 0.2) is 0 Å². The molecule has 0 aliphatic carbocycles. The van der Waals surface area contributed by atoms with Crippen LogP contribution in [0.4, 0.5) is 9.18 Å². The van der Waals surface area contributed by atoms with Crippen LogP contribution < -0.4 is 0 Å². The van der Waals surface area contributed by atoms with E-state index in [-0.39, 0.29) is 13.1 Å². The number of alkyl halides is 1. The van der Waals surface area contributed by atoms with Gasteiger partial charge >= 0.3 is 6.09 Å². The number of carbonyl (C=O) groups is 1. The van der Waals surface area contributed by atoms with Gasteiger partial charge in [0.15, 0.2) is 0 Å². The summed E-state index contributed by atoms with van der Waals surface area (Å²) in [7, 11) is 1.08. The molecular formula is C9H15ClFNO4S. The minimum atomic E-state index is -4.01. The van der Waals surface area contributed by atoms with E-state index < -0.39 is 32.2 Å². The molecule has 0 aromatic heterocycles. The lowest BCUT2D eigenvalue weighted by atomic mass is 10.2. The van der Waals surface area contributed by atoms with Crippen molar-refractivity contribution in [2.75, 3.05) is 13.1 Å².